The van der Waals surface area contributed by atoms with Gasteiger partial charge in [-0.25, -0.2) is 27.0 Å². The van der Waals surface area contributed by atoms with Gasteiger partial charge in [0.2, 0.25) is 15.8 Å². The Bertz CT molecular complexity index is 918. The number of nitrogens with one attached hydrogen (secondary N) is 1. The lowest BCUT2D eigenvalue weighted by Crippen LogP contribution is -2.32. The van der Waals surface area contributed by atoms with Gasteiger partial charge < -0.3 is 0 Å². The summed E-state index contributed by atoms with van der Waals surface area (Å²) in [7, 11) is -2.94. The van der Waals surface area contributed by atoms with E-state index >= 15 is 0 Å². The van der Waals surface area contributed by atoms with Crippen LogP contribution in [0.25, 0.3) is 0 Å². The van der Waals surface area contributed by atoms with Crippen LogP contribution in [0.4, 0.5) is 17.6 Å². The van der Waals surface area contributed by atoms with Crippen LogP contribution < -0.4 is 10.4 Å². The maximum absolute atomic E-state index is 13.0. The third-order valence-corrected chi connectivity index (χ3v) is 4.54. The molecule has 1 heterocycles. The number of halogens is 4. The second-order valence-electron chi connectivity index (χ2n) is 5.17. The Morgan fingerprint density at radius 2 is 1.96 bits per heavy atom. The van der Waals surface area contributed by atoms with Crippen LogP contribution in [-0.4, -0.2) is 29.3 Å². The predicted octanol–water partition coefficient (Wildman–Crippen LogP) is 0.859. The third kappa shape index (κ3) is 4.89. The predicted molar refractivity (Wildman–Crippen MR) is 79.5 cm³/mol. The lowest BCUT2D eigenvalue weighted by atomic mass is 10.2. The van der Waals surface area contributed by atoms with Gasteiger partial charge in [-0.2, -0.15) is 13.2 Å². The molecule has 0 radical (unpaired) electrons. The van der Waals surface area contributed by atoms with Crippen LogP contribution in [0.1, 0.15) is 11.4 Å². The van der Waals surface area contributed by atoms with E-state index in [9.17, 15) is 30.8 Å². The summed E-state index contributed by atoms with van der Waals surface area (Å²) in [6.07, 6.45) is -4.80. The number of benzene rings is 1. The van der Waals surface area contributed by atoms with Crippen molar-refractivity contribution in [1.29, 1.82) is 0 Å². The monoisotopic (exact) mass is 382 g/mol. The van der Waals surface area contributed by atoms with Gasteiger partial charge in [0.1, 0.15) is 5.82 Å². The van der Waals surface area contributed by atoms with Crippen molar-refractivity contribution in [1.82, 2.24) is 19.1 Å². The van der Waals surface area contributed by atoms with Gasteiger partial charge in [-0.15, -0.1) is 5.10 Å². The molecule has 1 N–H and O–H groups in total. The van der Waals surface area contributed by atoms with Crippen LogP contribution in [0.3, 0.4) is 0 Å². The van der Waals surface area contributed by atoms with Crippen LogP contribution in [0, 0.1) is 5.82 Å². The first-order chi connectivity index (χ1) is 11.5. The van der Waals surface area contributed by atoms with Crippen LogP contribution in [0.5, 0.6) is 0 Å². The second kappa shape index (κ2) is 6.96. The van der Waals surface area contributed by atoms with Gasteiger partial charge in [0.05, 0.1) is 12.3 Å². The lowest BCUT2D eigenvalue weighted by molar-refractivity contribution is -0.147. The van der Waals surface area contributed by atoms with Gasteiger partial charge in [0, 0.05) is 13.6 Å². The minimum absolute atomic E-state index is 0.210. The number of rotatable bonds is 6. The standard InChI is InChI=1S/C13H14F4N4O3S/c1-20-11(13(15,16)17)19-21(12(20)22)6-5-18-25(23,24)8-9-3-2-4-10(14)7-9/h2-4,7,18H,5-6,8H2,1H3. The molecule has 0 aliphatic rings. The molecule has 0 saturated carbocycles. The van der Waals surface area contributed by atoms with Gasteiger partial charge in [0.25, 0.3) is 0 Å². The van der Waals surface area contributed by atoms with E-state index in [2.05, 4.69) is 9.82 Å². The molecule has 12 heteroatoms. The summed E-state index contributed by atoms with van der Waals surface area (Å²) >= 11 is 0. The van der Waals surface area contributed by atoms with Gasteiger partial charge in [-0.3, -0.25) is 4.57 Å². The maximum Gasteiger partial charge on any atom is 0.451 e. The fourth-order valence-corrected chi connectivity index (χ4v) is 3.21. The first-order valence-electron chi connectivity index (χ1n) is 6.92. The molecular formula is C13H14F4N4O3S. The van der Waals surface area contributed by atoms with Crippen LogP contribution in [-0.2, 0) is 35.5 Å². The molecule has 0 spiro atoms. The molecule has 25 heavy (non-hydrogen) atoms. The Kier molecular flexibility index (Phi) is 5.32. The normalized spacial score (nSPS) is 12.5. The SMILES string of the molecule is Cn1c(C(F)(F)F)nn(CCNS(=O)(=O)Cc2cccc(F)c2)c1=O. The topological polar surface area (TPSA) is 86.0 Å². The van der Waals surface area contributed by atoms with Gasteiger partial charge in [-0.05, 0) is 17.7 Å². The molecule has 0 aliphatic carbocycles. The number of hydrogen-bond acceptors (Lipinski definition) is 4. The highest BCUT2D eigenvalue weighted by atomic mass is 32.2. The van der Waals surface area contributed by atoms with Crippen molar-refractivity contribution >= 4 is 10.0 Å². The summed E-state index contributed by atoms with van der Waals surface area (Å²) in [5, 5.41) is 3.15. The average Bonchev–Trinajstić information content (AvgIpc) is 2.75. The van der Waals surface area contributed by atoms with Crippen molar-refractivity contribution in [2.24, 2.45) is 7.05 Å². The molecular weight excluding hydrogens is 368 g/mol. The molecule has 0 amide bonds. The number of nitrogens with zero attached hydrogens (tertiary/aromatic N) is 3. The van der Waals surface area contributed by atoms with Crippen molar-refractivity contribution in [2.75, 3.05) is 6.54 Å². The molecule has 1 aromatic carbocycles. The molecule has 2 aromatic rings. The van der Waals surface area contributed by atoms with Crippen molar-refractivity contribution in [3.63, 3.8) is 0 Å². The number of alkyl halides is 3. The highest BCUT2D eigenvalue weighted by Crippen LogP contribution is 2.25. The van der Waals surface area contributed by atoms with Gasteiger partial charge in [0.15, 0.2) is 0 Å². The zero-order valence-electron chi connectivity index (χ0n) is 12.9. The number of aromatic nitrogens is 3. The minimum Gasteiger partial charge on any atom is -0.274 e. The highest BCUT2D eigenvalue weighted by molar-refractivity contribution is 7.88. The molecule has 2 rings (SSSR count). The Morgan fingerprint density at radius 3 is 2.52 bits per heavy atom. The molecule has 0 atom stereocenters. The molecule has 0 unspecified atom stereocenters. The summed E-state index contributed by atoms with van der Waals surface area (Å²) in [6, 6.07) is 4.99. The van der Waals surface area contributed by atoms with Gasteiger partial charge in [-0.1, -0.05) is 12.1 Å². The fourth-order valence-electron chi connectivity index (χ4n) is 2.08. The average molecular weight is 382 g/mol. The van der Waals surface area contributed by atoms with Gasteiger partial charge >= 0.3 is 11.9 Å². The smallest absolute Gasteiger partial charge is 0.274 e. The molecule has 1 aromatic heterocycles. The van der Waals surface area contributed by atoms with E-state index in [-0.39, 0.29) is 18.7 Å². The van der Waals surface area contributed by atoms with E-state index in [1.165, 1.54) is 12.1 Å². The summed E-state index contributed by atoms with van der Waals surface area (Å²) in [4.78, 5) is 11.7. The second-order valence-corrected chi connectivity index (χ2v) is 6.98. The largest absolute Gasteiger partial charge is 0.451 e. The van der Waals surface area contributed by atoms with Crippen molar-refractivity contribution < 1.29 is 26.0 Å². The van der Waals surface area contributed by atoms with E-state index in [4.69, 9.17) is 0 Å². The van der Waals surface area contributed by atoms with Crippen LogP contribution >= 0.6 is 0 Å². The quantitative estimate of drug-likeness (QED) is 0.751. The molecule has 0 aliphatic heterocycles. The zero-order valence-corrected chi connectivity index (χ0v) is 13.7. The fraction of sp³-hybridized carbons (Fsp3) is 0.385. The Hall–Kier alpha value is -2.21. The van der Waals surface area contributed by atoms with E-state index in [0.29, 0.717) is 9.25 Å². The Labute approximate surface area is 139 Å². The van der Waals surface area contributed by atoms with Crippen LogP contribution in [0.2, 0.25) is 0 Å². The van der Waals surface area contributed by atoms with Crippen molar-refractivity contribution in [2.45, 2.75) is 18.5 Å². The molecule has 0 saturated heterocycles. The first kappa shape index (κ1) is 19.1. The Morgan fingerprint density at radius 1 is 1.28 bits per heavy atom. The van der Waals surface area contributed by atoms with E-state index in [0.717, 1.165) is 19.2 Å². The third-order valence-electron chi connectivity index (χ3n) is 3.19. The first-order valence-corrected chi connectivity index (χ1v) is 8.57. The number of hydrogen-bond donors (Lipinski definition) is 1. The lowest BCUT2D eigenvalue weighted by Gasteiger charge is -2.06. The molecule has 7 nitrogen and oxygen atoms in total. The summed E-state index contributed by atoms with van der Waals surface area (Å²) in [5.41, 5.74) is -0.807. The van der Waals surface area contributed by atoms with E-state index in [1.807, 2.05) is 0 Å². The molecule has 0 bridgehead atoms. The minimum atomic E-state index is -4.80. The summed E-state index contributed by atoms with van der Waals surface area (Å²) < 4.78 is 77.8. The number of sulfonamides is 1. The molecule has 138 valence electrons. The summed E-state index contributed by atoms with van der Waals surface area (Å²) in [5.74, 6) is -2.47. The van der Waals surface area contributed by atoms with E-state index in [1.54, 1.807) is 0 Å². The highest BCUT2D eigenvalue weighted by Gasteiger charge is 2.37. The molecule has 0 fully saturated rings. The van der Waals surface area contributed by atoms with Crippen LogP contribution in [0.15, 0.2) is 29.1 Å². The Balaban J connectivity index is 2.02. The zero-order chi connectivity index (χ0) is 18.8. The van der Waals surface area contributed by atoms with Crippen molar-refractivity contribution in [3.05, 3.63) is 52.0 Å². The van der Waals surface area contributed by atoms with Crippen molar-refractivity contribution in [3.8, 4) is 0 Å². The van der Waals surface area contributed by atoms with E-state index < -0.39 is 39.3 Å². The summed E-state index contributed by atoms with van der Waals surface area (Å²) in [6.45, 7) is -0.725. The maximum atomic E-state index is 13.0.